The maximum absolute atomic E-state index is 13.1. The van der Waals surface area contributed by atoms with Crippen LogP contribution >= 0.6 is 0 Å². The van der Waals surface area contributed by atoms with Crippen molar-refractivity contribution in [3.63, 3.8) is 0 Å². The summed E-state index contributed by atoms with van der Waals surface area (Å²) >= 11 is 0. The highest BCUT2D eigenvalue weighted by Gasteiger charge is 2.68. The largest absolute Gasteiger partial charge is 0.459 e. The number of hydrogen-bond acceptors (Lipinski definition) is 5. The molecule has 30 heavy (non-hydrogen) atoms. The van der Waals surface area contributed by atoms with Crippen molar-refractivity contribution in [2.24, 2.45) is 5.92 Å². The lowest BCUT2D eigenvalue weighted by atomic mass is 9.84. The third-order valence-corrected chi connectivity index (χ3v) is 15.6. The predicted molar refractivity (Wildman–Crippen MR) is 124 cm³/mol. The van der Waals surface area contributed by atoms with E-state index in [1.807, 2.05) is 11.8 Å². The van der Waals surface area contributed by atoms with Crippen LogP contribution in [0.5, 0.6) is 0 Å². The van der Waals surface area contributed by atoms with Crippen LogP contribution in [0.2, 0.25) is 28.7 Å². The zero-order chi connectivity index (χ0) is 22.7. The number of carbonyl (C=O) groups excluding carboxylic acids is 1. The molecule has 3 heterocycles. The highest BCUT2D eigenvalue weighted by atomic mass is 28.4. The molecule has 3 rings (SSSR count). The van der Waals surface area contributed by atoms with Gasteiger partial charge in [-0.25, -0.2) is 0 Å². The first-order chi connectivity index (χ1) is 13.7. The van der Waals surface area contributed by atoms with Crippen molar-refractivity contribution < 1.29 is 23.1 Å². The van der Waals surface area contributed by atoms with Crippen LogP contribution in [0.4, 0.5) is 0 Å². The molecule has 0 aromatic carbocycles. The highest BCUT2D eigenvalue weighted by molar-refractivity contribution is 6.86. The second-order valence-electron chi connectivity index (χ2n) is 11.7. The molecule has 0 spiro atoms. The lowest BCUT2D eigenvalue weighted by molar-refractivity contribution is -0.216. The van der Waals surface area contributed by atoms with Crippen LogP contribution in [0.25, 0.3) is 0 Å². The van der Waals surface area contributed by atoms with Crippen LogP contribution < -0.4 is 0 Å². The normalized spacial score (nSPS) is 36.5. The maximum atomic E-state index is 13.1. The smallest absolute Gasteiger partial charge is 0.349 e. The van der Waals surface area contributed by atoms with Crippen LogP contribution in [-0.2, 0) is 23.1 Å². The van der Waals surface area contributed by atoms with Gasteiger partial charge in [-0.2, -0.15) is 0 Å². The monoisotopic (exact) mass is 452 g/mol. The van der Waals surface area contributed by atoms with Crippen molar-refractivity contribution in [2.75, 3.05) is 6.61 Å². The fourth-order valence-electron chi connectivity index (χ4n) is 5.87. The second-order valence-corrected chi connectivity index (χ2v) is 21.2. The summed E-state index contributed by atoms with van der Waals surface area (Å²) in [6, 6.07) is 0. The van der Waals surface area contributed by atoms with Crippen LogP contribution in [0.1, 0.15) is 48.0 Å². The van der Waals surface area contributed by atoms with E-state index in [0.29, 0.717) is 13.0 Å². The summed E-state index contributed by atoms with van der Waals surface area (Å²) < 4.78 is 26.2. The highest BCUT2D eigenvalue weighted by Crippen LogP contribution is 2.57. The van der Waals surface area contributed by atoms with Crippen molar-refractivity contribution in [3.8, 4) is 0 Å². The molecule has 170 valence electrons. The molecule has 3 aliphatic heterocycles. The third-order valence-electron chi connectivity index (χ3n) is 7.19. The van der Waals surface area contributed by atoms with Gasteiger partial charge < -0.3 is 18.3 Å². The summed E-state index contributed by atoms with van der Waals surface area (Å²) in [4.78, 5) is 13.1. The second kappa shape index (κ2) is 7.69. The Morgan fingerprint density at radius 1 is 1.10 bits per heavy atom. The molecule has 3 saturated heterocycles. The summed E-state index contributed by atoms with van der Waals surface area (Å²) in [7, 11) is -4.75. The van der Waals surface area contributed by atoms with Crippen LogP contribution in [0.3, 0.4) is 0 Å². The molecule has 0 N–H and O–H groups in total. The molecular formula is C23H40O5Si2. The van der Waals surface area contributed by atoms with E-state index < -0.39 is 16.6 Å². The van der Waals surface area contributed by atoms with Gasteiger partial charge in [0.1, 0.15) is 18.3 Å². The Hall–Kier alpha value is -0.736. The van der Waals surface area contributed by atoms with Crippen molar-refractivity contribution in [2.45, 2.75) is 101 Å². The SMILES string of the molecule is C=CC[C@H]1O[C@@H]2CO[Si](C(C)(C)C)(C(C)(C)C)O[C@H]2[C@@H]2OC(=O)[C@H]([Si](C)(C)C=C)[C@@H]21. The summed E-state index contributed by atoms with van der Waals surface area (Å²) in [5, 5.41) is -0.276. The zero-order valence-electron chi connectivity index (χ0n) is 20.0. The Bertz CT molecular complexity index is 691. The number of fused-ring (bicyclic) bond motifs is 3. The molecule has 3 fully saturated rings. The molecule has 7 heteroatoms. The molecule has 5 nitrogen and oxygen atoms in total. The molecular weight excluding hydrogens is 412 g/mol. The third kappa shape index (κ3) is 3.60. The Balaban J connectivity index is 2.04. The van der Waals surface area contributed by atoms with Crippen LogP contribution in [0, 0.1) is 5.92 Å². The minimum Gasteiger partial charge on any atom is -0.459 e. The first-order valence-electron chi connectivity index (χ1n) is 11.1. The lowest BCUT2D eigenvalue weighted by Crippen LogP contribution is -2.70. The topological polar surface area (TPSA) is 54.0 Å². The summed E-state index contributed by atoms with van der Waals surface area (Å²) in [5.74, 6) is -0.157. The number of hydrogen-bond donors (Lipinski definition) is 0. The molecule has 3 aliphatic rings. The Morgan fingerprint density at radius 3 is 2.20 bits per heavy atom. The van der Waals surface area contributed by atoms with Gasteiger partial charge in [-0.05, 0) is 6.42 Å². The van der Waals surface area contributed by atoms with Gasteiger partial charge in [0.15, 0.2) is 0 Å². The van der Waals surface area contributed by atoms with E-state index in [-0.39, 0.29) is 51.9 Å². The van der Waals surface area contributed by atoms with E-state index >= 15 is 0 Å². The minimum absolute atomic E-state index is 0.0406. The molecule has 0 amide bonds. The standard InChI is InChI=1S/C23H40O5Si2/c1-11-13-15-17-19(27-21(24)20(17)29(9,10)12-2)18-16(26-15)14-25-30(28-18,22(3,4)5)23(6,7)8/h11-12,15-20H,1-2,13-14H2,3-10H3/t15-,16-,17-,18-,19-,20-/m1/s1. The van der Waals surface area contributed by atoms with Crippen molar-refractivity contribution >= 4 is 22.6 Å². The van der Waals surface area contributed by atoms with Gasteiger partial charge in [0.25, 0.3) is 0 Å². The van der Waals surface area contributed by atoms with E-state index in [9.17, 15) is 4.79 Å². The number of rotatable bonds is 4. The van der Waals surface area contributed by atoms with Gasteiger partial charge in [-0.3, -0.25) is 4.79 Å². The molecule has 0 saturated carbocycles. The summed E-state index contributed by atoms with van der Waals surface area (Å²) in [6.07, 6.45) is 1.60. The van der Waals surface area contributed by atoms with Gasteiger partial charge in [-0.15, -0.1) is 18.9 Å². The molecule has 0 aromatic rings. The van der Waals surface area contributed by atoms with Crippen molar-refractivity contribution in [3.05, 3.63) is 24.9 Å². The number of esters is 1. The van der Waals surface area contributed by atoms with Crippen LogP contribution in [-0.4, -0.2) is 53.6 Å². The van der Waals surface area contributed by atoms with Gasteiger partial charge in [-0.1, -0.05) is 60.7 Å². The Morgan fingerprint density at radius 2 is 1.70 bits per heavy atom. The minimum atomic E-state index is -2.69. The van der Waals surface area contributed by atoms with E-state index in [0.717, 1.165) is 0 Å². The Labute approximate surface area is 184 Å². The first kappa shape index (κ1) is 23.9. The average Bonchev–Trinajstić information content (AvgIpc) is 2.98. The molecule has 0 aromatic heterocycles. The number of carbonyl (C=O) groups is 1. The fraction of sp³-hybridized carbons (Fsp3) is 0.783. The molecule has 0 bridgehead atoms. The lowest BCUT2D eigenvalue weighted by Gasteiger charge is -2.57. The van der Waals surface area contributed by atoms with E-state index in [2.05, 4.69) is 67.8 Å². The van der Waals surface area contributed by atoms with Gasteiger partial charge >= 0.3 is 14.5 Å². The van der Waals surface area contributed by atoms with Crippen molar-refractivity contribution in [1.29, 1.82) is 0 Å². The van der Waals surface area contributed by atoms with E-state index in [1.165, 1.54) is 0 Å². The number of ether oxygens (including phenoxy) is 2. The van der Waals surface area contributed by atoms with Gasteiger partial charge in [0.2, 0.25) is 0 Å². The van der Waals surface area contributed by atoms with E-state index in [1.54, 1.807) is 0 Å². The van der Waals surface area contributed by atoms with Gasteiger partial charge in [0.05, 0.1) is 26.3 Å². The Kier molecular flexibility index (Phi) is 6.13. The molecule has 6 atom stereocenters. The zero-order valence-corrected chi connectivity index (χ0v) is 22.0. The summed E-state index contributed by atoms with van der Waals surface area (Å²) in [6.45, 7) is 26.0. The molecule has 0 radical (unpaired) electrons. The van der Waals surface area contributed by atoms with Crippen LogP contribution in [0.15, 0.2) is 24.9 Å². The molecule has 0 unspecified atom stereocenters. The van der Waals surface area contributed by atoms with E-state index in [4.69, 9.17) is 18.3 Å². The first-order valence-corrected chi connectivity index (χ1v) is 16.1. The summed E-state index contributed by atoms with van der Waals surface area (Å²) in [5.41, 5.74) is 1.81. The molecule has 0 aliphatic carbocycles. The maximum Gasteiger partial charge on any atom is 0.349 e. The fourth-order valence-corrected chi connectivity index (χ4v) is 13.2. The van der Waals surface area contributed by atoms with Crippen molar-refractivity contribution in [1.82, 2.24) is 0 Å². The van der Waals surface area contributed by atoms with Gasteiger partial charge in [0, 0.05) is 16.0 Å². The predicted octanol–water partition coefficient (Wildman–Crippen LogP) is 5.13. The quantitative estimate of drug-likeness (QED) is 0.336. The average molecular weight is 453 g/mol.